The van der Waals surface area contributed by atoms with Gasteiger partial charge in [0.15, 0.2) is 5.11 Å². The zero-order valence-corrected chi connectivity index (χ0v) is 10.4. The van der Waals surface area contributed by atoms with Crippen LogP contribution >= 0.6 is 12.2 Å². The lowest BCUT2D eigenvalue weighted by atomic mass is 10.1. The second-order valence-corrected chi connectivity index (χ2v) is 4.48. The molecule has 0 aliphatic carbocycles. The van der Waals surface area contributed by atoms with E-state index in [9.17, 15) is 0 Å². The summed E-state index contributed by atoms with van der Waals surface area (Å²) in [6.45, 7) is 0. The van der Waals surface area contributed by atoms with Crippen molar-refractivity contribution in [3.8, 4) is 0 Å². The Morgan fingerprint density at radius 1 is 1.06 bits per heavy atom. The molecule has 0 bridgehead atoms. The highest BCUT2D eigenvalue weighted by Gasteiger charge is 2.04. The van der Waals surface area contributed by atoms with Crippen LogP contribution in [0.4, 0.5) is 5.69 Å². The Balaban J connectivity index is 2.32. The largest absolute Gasteiger partial charge is 0.376 e. The lowest BCUT2D eigenvalue weighted by Crippen LogP contribution is -2.19. The second kappa shape index (κ2) is 4.23. The number of pyridine rings is 1. The molecule has 1 aromatic heterocycles. The van der Waals surface area contributed by atoms with Gasteiger partial charge in [0, 0.05) is 16.5 Å². The first-order chi connectivity index (χ1) is 8.74. The molecule has 0 spiro atoms. The summed E-state index contributed by atoms with van der Waals surface area (Å²) in [5.41, 5.74) is 8.32. The molecule has 3 rings (SSSR count). The van der Waals surface area contributed by atoms with Crippen molar-refractivity contribution < 1.29 is 0 Å². The van der Waals surface area contributed by atoms with Gasteiger partial charge in [-0.15, -0.1) is 0 Å². The molecule has 88 valence electrons. The minimum absolute atomic E-state index is 0.260. The van der Waals surface area contributed by atoms with Crippen LogP contribution in [0.2, 0.25) is 0 Å². The minimum atomic E-state index is 0.260. The van der Waals surface area contributed by atoms with Crippen molar-refractivity contribution in [1.82, 2.24) is 4.98 Å². The third kappa shape index (κ3) is 1.87. The highest BCUT2D eigenvalue weighted by molar-refractivity contribution is 7.80. The standard InChI is InChI=1S/C14H11N3S/c15-14(18)17-13-7-3-6-12-10(13)8-9-4-1-2-5-11(9)16-12/h1-8H,(H3,15,17,18). The van der Waals surface area contributed by atoms with Crippen LogP contribution < -0.4 is 11.1 Å². The topological polar surface area (TPSA) is 50.9 Å². The summed E-state index contributed by atoms with van der Waals surface area (Å²) >= 11 is 4.88. The summed E-state index contributed by atoms with van der Waals surface area (Å²) < 4.78 is 0. The van der Waals surface area contributed by atoms with Gasteiger partial charge >= 0.3 is 0 Å². The normalized spacial score (nSPS) is 10.7. The van der Waals surface area contributed by atoms with E-state index in [2.05, 4.69) is 16.4 Å². The molecule has 3 nitrogen and oxygen atoms in total. The number of fused-ring (bicyclic) bond motifs is 2. The van der Waals surface area contributed by atoms with E-state index < -0.39 is 0 Å². The SMILES string of the molecule is NC(=S)Nc1cccc2nc3ccccc3cc12. The fraction of sp³-hybridized carbons (Fsp3) is 0. The van der Waals surface area contributed by atoms with Gasteiger partial charge in [-0.3, -0.25) is 0 Å². The highest BCUT2D eigenvalue weighted by atomic mass is 32.1. The minimum Gasteiger partial charge on any atom is -0.376 e. The quantitative estimate of drug-likeness (QED) is 0.517. The molecule has 0 saturated heterocycles. The van der Waals surface area contributed by atoms with Crippen molar-refractivity contribution in [1.29, 1.82) is 0 Å². The Kier molecular flexibility index (Phi) is 2.57. The number of hydrogen-bond acceptors (Lipinski definition) is 2. The molecule has 18 heavy (non-hydrogen) atoms. The maximum atomic E-state index is 5.53. The molecule has 1 heterocycles. The summed E-state index contributed by atoms with van der Waals surface area (Å²) in [5, 5.41) is 5.36. The number of thiocarbonyl (C=S) groups is 1. The van der Waals surface area contributed by atoms with Crippen LogP contribution in [0.5, 0.6) is 0 Å². The predicted molar refractivity (Wildman–Crippen MR) is 79.7 cm³/mol. The summed E-state index contributed by atoms with van der Waals surface area (Å²) in [4.78, 5) is 4.62. The van der Waals surface area contributed by atoms with Gasteiger partial charge in [-0.25, -0.2) is 4.98 Å². The summed E-state index contributed by atoms with van der Waals surface area (Å²) in [7, 11) is 0. The van der Waals surface area contributed by atoms with Crippen LogP contribution in [-0.4, -0.2) is 10.1 Å². The van der Waals surface area contributed by atoms with Crippen molar-refractivity contribution in [2.45, 2.75) is 0 Å². The van der Waals surface area contributed by atoms with Gasteiger partial charge in [-0.1, -0.05) is 24.3 Å². The molecule has 0 fully saturated rings. The van der Waals surface area contributed by atoms with Crippen LogP contribution in [0.3, 0.4) is 0 Å². The smallest absolute Gasteiger partial charge is 0.168 e. The maximum Gasteiger partial charge on any atom is 0.168 e. The first-order valence-electron chi connectivity index (χ1n) is 5.59. The molecule has 0 amide bonds. The Morgan fingerprint density at radius 2 is 1.83 bits per heavy atom. The number of nitrogens with one attached hydrogen (secondary N) is 1. The molecule has 0 radical (unpaired) electrons. The van der Waals surface area contributed by atoms with Crippen LogP contribution in [-0.2, 0) is 0 Å². The van der Waals surface area contributed by atoms with E-state index in [0.717, 1.165) is 27.5 Å². The summed E-state index contributed by atoms with van der Waals surface area (Å²) in [5.74, 6) is 0. The van der Waals surface area contributed by atoms with E-state index in [1.54, 1.807) is 0 Å². The monoisotopic (exact) mass is 253 g/mol. The van der Waals surface area contributed by atoms with Gasteiger partial charge in [-0.2, -0.15) is 0 Å². The number of aromatic nitrogens is 1. The first-order valence-corrected chi connectivity index (χ1v) is 6.00. The molecule has 0 aliphatic rings. The summed E-state index contributed by atoms with van der Waals surface area (Å²) in [6.07, 6.45) is 0. The number of nitrogens with zero attached hydrogens (tertiary/aromatic N) is 1. The third-order valence-electron chi connectivity index (χ3n) is 2.82. The van der Waals surface area contributed by atoms with E-state index in [-0.39, 0.29) is 5.11 Å². The van der Waals surface area contributed by atoms with Crippen LogP contribution in [0.15, 0.2) is 48.5 Å². The lowest BCUT2D eigenvalue weighted by Gasteiger charge is -2.08. The lowest BCUT2D eigenvalue weighted by molar-refractivity contribution is 1.49. The predicted octanol–water partition coefficient (Wildman–Crippen LogP) is 3.04. The number of hydrogen-bond donors (Lipinski definition) is 2. The fourth-order valence-corrected chi connectivity index (χ4v) is 2.15. The molecule has 0 saturated carbocycles. The van der Waals surface area contributed by atoms with Gasteiger partial charge in [0.05, 0.1) is 11.0 Å². The van der Waals surface area contributed by atoms with Crippen molar-refractivity contribution in [2.24, 2.45) is 5.73 Å². The maximum absolute atomic E-state index is 5.53. The van der Waals surface area contributed by atoms with Crippen molar-refractivity contribution in [2.75, 3.05) is 5.32 Å². The number of para-hydroxylation sites is 1. The third-order valence-corrected chi connectivity index (χ3v) is 2.92. The van der Waals surface area contributed by atoms with E-state index in [1.807, 2.05) is 42.5 Å². The Labute approximate surface area is 110 Å². The second-order valence-electron chi connectivity index (χ2n) is 4.04. The molecular weight excluding hydrogens is 242 g/mol. The Hall–Kier alpha value is -2.20. The van der Waals surface area contributed by atoms with Crippen LogP contribution in [0, 0.1) is 0 Å². The molecule has 0 atom stereocenters. The highest BCUT2D eigenvalue weighted by Crippen LogP contribution is 2.25. The Bertz CT molecular complexity index is 752. The number of benzene rings is 2. The average Bonchev–Trinajstić information content (AvgIpc) is 2.36. The Morgan fingerprint density at radius 3 is 2.67 bits per heavy atom. The molecule has 2 aromatic carbocycles. The van der Waals surface area contributed by atoms with Crippen molar-refractivity contribution in [3.63, 3.8) is 0 Å². The van der Waals surface area contributed by atoms with E-state index in [4.69, 9.17) is 18.0 Å². The van der Waals surface area contributed by atoms with Crippen molar-refractivity contribution >= 4 is 44.8 Å². The molecule has 0 unspecified atom stereocenters. The molecule has 4 heteroatoms. The zero-order valence-electron chi connectivity index (χ0n) is 9.55. The number of rotatable bonds is 1. The molecular formula is C14H11N3S. The van der Waals surface area contributed by atoms with Crippen LogP contribution in [0.1, 0.15) is 0 Å². The van der Waals surface area contributed by atoms with E-state index >= 15 is 0 Å². The van der Waals surface area contributed by atoms with Gasteiger partial charge < -0.3 is 11.1 Å². The number of nitrogens with two attached hydrogens (primary N) is 1. The van der Waals surface area contributed by atoms with Gasteiger partial charge in [0.2, 0.25) is 0 Å². The van der Waals surface area contributed by atoms with Crippen LogP contribution in [0.25, 0.3) is 21.8 Å². The van der Waals surface area contributed by atoms with Gasteiger partial charge in [0.25, 0.3) is 0 Å². The van der Waals surface area contributed by atoms with Crippen molar-refractivity contribution in [3.05, 3.63) is 48.5 Å². The first kappa shape index (κ1) is 10.9. The van der Waals surface area contributed by atoms with E-state index in [0.29, 0.717) is 0 Å². The molecule has 3 N–H and O–H groups in total. The molecule has 0 aliphatic heterocycles. The van der Waals surface area contributed by atoms with Gasteiger partial charge in [-0.05, 0) is 36.5 Å². The van der Waals surface area contributed by atoms with E-state index in [1.165, 1.54) is 0 Å². The van der Waals surface area contributed by atoms with Gasteiger partial charge in [0.1, 0.15) is 0 Å². The average molecular weight is 253 g/mol. The zero-order chi connectivity index (χ0) is 12.5. The summed E-state index contributed by atoms with van der Waals surface area (Å²) in [6, 6.07) is 16.0. The fourth-order valence-electron chi connectivity index (χ4n) is 2.04. The molecule has 3 aromatic rings. The number of anilines is 1.